The van der Waals surface area contributed by atoms with E-state index >= 15 is 0 Å². The molecule has 0 aromatic rings. The Balaban J connectivity index is 2.77. The molecule has 0 aromatic carbocycles. The number of hydrogen-bond acceptors (Lipinski definition) is 3. The van der Waals surface area contributed by atoms with E-state index in [-0.39, 0.29) is 11.5 Å². The van der Waals surface area contributed by atoms with Gasteiger partial charge in [0, 0.05) is 0 Å². The van der Waals surface area contributed by atoms with Crippen molar-refractivity contribution in [3.63, 3.8) is 0 Å². The summed E-state index contributed by atoms with van der Waals surface area (Å²) >= 11 is 5.17. The molecular formula is C5H3ClN2O2. The number of azo groups is 1. The summed E-state index contributed by atoms with van der Waals surface area (Å²) < 4.78 is 0. The molecule has 0 unspecified atom stereocenters. The Morgan fingerprint density at radius 2 is 2.40 bits per heavy atom. The summed E-state index contributed by atoms with van der Waals surface area (Å²) in [5.41, 5.74) is -0.0324. The molecule has 0 fully saturated rings. The van der Waals surface area contributed by atoms with Gasteiger partial charge in [0.1, 0.15) is 5.57 Å². The molecule has 0 atom stereocenters. The lowest BCUT2D eigenvalue weighted by molar-refractivity contribution is -0.119. The molecule has 0 saturated carbocycles. The summed E-state index contributed by atoms with van der Waals surface area (Å²) in [6.45, 7) is 0. The molecule has 1 rings (SSSR count). The highest BCUT2D eigenvalue weighted by Gasteiger charge is 2.19. The number of alkyl halides is 1. The van der Waals surface area contributed by atoms with Crippen molar-refractivity contribution in [3.8, 4) is 0 Å². The second kappa shape index (κ2) is 2.70. The zero-order chi connectivity index (χ0) is 7.56. The van der Waals surface area contributed by atoms with Crippen molar-refractivity contribution in [1.82, 2.24) is 0 Å². The number of Topliss-reactive ketones (excluding diaryl/α,β-unsaturated/α-hetero) is 1. The van der Waals surface area contributed by atoms with Gasteiger partial charge in [-0.05, 0) is 0 Å². The minimum atomic E-state index is -0.606. The third kappa shape index (κ3) is 1.11. The maximum atomic E-state index is 10.7. The molecule has 0 N–H and O–H groups in total. The molecule has 10 heavy (non-hydrogen) atoms. The SMILES string of the molecule is O=C(CCl)C1=CN=NC1=O. The van der Waals surface area contributed by atoms with E-state index in [0.717, 1.165) is 6.20 Å². The number of ketones is 1. The van der Waals surface area contributed by atoms with E-state index in [9.17, 15) is 9.59 Å². The van der Waals surface area contributed by atoms with Crippen LogP contribution in [-0.2, 0) is 9.59 Å². The fraction of sp³-hybridized carbons (Fsp3) is 0.200. The van der Waals surface area contributed by atoms with E-state index in [1.807, 2.05) is 0 Å². The Morgan fingerprint density at radius 3 is 2.80 bits per heavy atom. The second-order valence-electron chi connectivity index (χ2n) is 1.62. The summed E-state index contributed by atoms with van der Waals surface area (Å²) in [6.07, 6.45) is 1.12. The van der Waals surface area contributed by atoms with Gasteiger partial charge in [0.25, 0.3) is 0 Å². The molecule has 0 saturated heterocycles. The molecule has 0 radical (unpaired) electrons. The van der Waals surface area contributed by atoms with Crippen molar-refractivity contribution < 1.29 is 9.59 Å². The first-order valence-corrected chi connectivity index (χ1v) is 3.03. The molecule has 0 spiro atoms. The third-order valence-electron chi connectivity index (χ3n) is 0.988. The second-order valence-corrected chi connectivity index (χ2v) is 1.89. The number of hydrogen-bond donors (Lipinski definition) is 0. The predicted molar refractivity (Wildman–Crippen MR) is 33.7 cm³/mol. The van der Waals surface area contributed by atoms with Gasteiger partial charge in [0.15, 0.2) is 5.78 Å². The van der Waals surface area contributed by atoms with Crippen molar-refractivity contribution >= 4 is 23.3 Å². The third-order valence-corrected chi connectivity index (χ3v) is 1.23. The fourth-order valence-electron chi connectivity index (χ4n) is 0.511. The molecule has 1 aliphatic rings. The minimum absolute atomic E-state index is 0.0324. The Hall–Kier alpha value is -1.03. The van der Waals surface area contributed by atoms with E-state index in [4.69, 9.17) is 11.6 Å². The molecule has 0 bridgehead atoms. The van der Waals surface area contributed by atoms with Crippen LogP contribution in [0.3, 0.4) is 0 Å². The van der Waals surface area contributed by atoms with E-state index < -0.39 is 11.7 Å². The van der Waals surface area contributed by atoms with Gasteiger partial charge in [0.05, 0.1) is 12.1 Å². The average Bonchev–Trinajstić information content (AvgIpc) is 2.34. The number of carbonyl (C=O) groups is 2. The van der Waals surface area contributed by atoms with Crippen LogP contribution >= 0.6 is 11.6 Å². The van der Waals surface area contributed by atoms with Crippen molar-refractivity contribution in [2.24, 2.45) is 10.2 Å². The average molecular weight is 159 g/mol. The van der Waals surface area contributed by atoms with E-state index in [1.165, 1.54) is 0 Å². The maximum Gasteiger partial charge on any atom is 0.300 e. The zero-order valence-electron chi connectivity index (χ0n) is 4.87. The first-order chi connectivity index (χ1) is 4.75. The summed E-state index contributed by atoms with van der Waals surface area (Å²) in [5.74, 6) is -1.25. The van der Waals surface area contributed by atoms with Gasteiger partial charge < -0.3 is 0 Å². The van der Waals surface area contributed by atoms with Crippen molar-refractivity contribution in [2.75, 3.05) is 5.88 Å². The molecular weight excluding hydrogens is 156 g/mol. The standard InChI is InChI=1S/C5H3ClN2O2/c6-1-4(9)3-2-7-8-5(3)10/h2H,1H2. The van der Waals surface area contributed by atoms with Crippen LogP contribution in [0.1, 0.15) is 0 Å². The Kier molecular flexibility index (Phi) is 1.91. The molecule has 0 aromatic heterocycles. The Bertz CT molecular complexity index is 244. The lowest BCUT2D eigenvalue weighted by atomic mass is 10.2. The molecule has 1 heterocycles. The highest BCUT2D eigenvalue weighted by Crippen LogP contribution is 2.08. The van der Waals surface area contributed by atoms with Gasteiger partial charge >= 0.3 is 5.91 Å². The van der Waals surface area contributed by atoms with Crippen molar-refractivity contribution in [3.05, 3.63) is 11.8 Å². The van der Waals surface area contributed by atoms with Crippen LogP contribution in [0, 0.1) is 0 Å². The van der Waals surface area contributed by atoms with E-state index in [2.05, 4.69) is 10.2 Å². The lowest BCUT2D eigenvalue weighted by Crippen LogP contribution is -2.09. The number of amides is 1. The number of carbonyl (C=O) groups excluding carboxylic acids is 2. The number of nitrogens with zero attached hydrogens (tertiary/aromatic N) is 2. The van der Waals surface area contributed by atoms with Gasteiger partial charge in [-0.2, -0.15) is 5.11 Å². The molecule has 4 nitrogen and oxygen atoms in total. The summed E-state index contributed by atoms with van der Waals surface area (Å²) in [4.78, 5) is 21.2. The van der Waals surface area contributed by atoms with Gasteiger partial charge in [0.2, 0.25) is 0 Å². The first kappa shape index (κ1) is 7.08. The van der Waals surface area contributed by atoms with Crippen molar-refractivity contribution in [1.29, 1.82) is 0 Å². The van der Waals surface area contributed by atoms with Crippen LogP contribution < -0.4 is 0 Å². The fourth-order valence-corrected chi connectivity index (χ4v) is 0.655. The van der Waals surface area contributed by atoms with Gasteiger partial charge in [-0.3, -0.25) is 9.59 Å². The Morgan fingerprint density at radius 1 is 1.70 bits per heavy atom. The van der Waals surface area contributed by atoms with Crippen LogP contribution in [0.15, 0.2) is 22.0 Å². The topological polar surface area (TPSA) is 58.9 Å². The lowest BCUT2D eigenvalue weighted by Gasteiger charge is -1.88. The number of rotatable bonds is 2. The zero-order valence-corrected chi connectivity index (χ0v) is 5.63. The monoisotopic (exact) mass is 158 g/mol. The van der Waals surface area contributed by atoms with Gasteiger partial charge in [-0.15, -0.1) is 16.7 Å². The molecule has 1 amide bonds. The smallest absolute Gasteiger partial charge is 0.293 e. The molecule has 0 aliphatic carbocycles. The summed E-state index contributed by atoms with van der Waals surface area (Å²) in [5, 5.41) is 6.35. The first-order valence-electron chi connectivity index (χ1n) is 2.50. The minimum Gasteiger partial charge on any atom is -0.293 e. The van der Waals surface area contributed by atoms with Crippen LogP contribution in [0.5, 0.6) is 0 Å². The van der Waals surface area contributed by atoms with Crippen molar-refractivity contribution in [2.45, 2.75) is 0 Å². The molecule has 1 aliphatic heterocycles. The van der Waals surface area contributed by atoms with Crippen LogP contribution in [0.25, 0.3) is 0 Å². The highest BCUT2D eigenvalue weighted by molar-refractivity contribution is 6.35. The van der Waals surface area contributed by atoms with Gasteiger partial charge in [-0.25, -0.2) is 0 Å². The molecule has 5 heteroatoms. The summed E-state index contributed by atoms with van der Waals surface area (Å²) in [6, 6.07) is 0. The van der Waals surface area contributed by atoms with Crippen LogP contribution in [0.2, 0.25) is 0 Å². The molecule has 52 valence electrons. The van der Waals surface area contributed by atoms with E-state index in [0.29, 0.717) is 0 Å². The maximum absolute atomic E-state index is 10.7. The van der Waals surface area contributed by atoms with Crippen LogP contribution in [-0.4, -0.2) is 17.6 Å². The predicted octanol–water partition coefficient (Wildman–Crippen LogP) is 0.671. The Labute approximate surface area is 61.6 Å². The number of halogens is 1. The normalized spacial score (nSPS) is 15.7. The largest absolute Gasteiger partial charge is 0.300 e. The van der Waals surface area contributed by atoms with Gasteiger partial charge in [-0.1, -0.05) is 0 Å². The van der Waals surface area contributed by atoms with E-state index in [1.54, 1.807) is 0 Å². The van der Waals surface area contributed by atoms with Crippen LogP contribution in [0.4, 0.5) is 0 Å². The quantitative estimate of drug-likeness (QED) is 0.438. The highest BCUT2D eigenvalue weighted by atomic mass is 35.5. The summed E-state index contributed by atoms with van der Waals surface area (Å²) in [7, 11) is 0.